The van der Waals surface area contributed by atoms with Crippen LogP contribution >= 0.6 is 0 Å². The lowest BCUT2D eigenvalue weighted by Crippen LogP contribution is -2.13. The van der Waals surface area contributed by atoms with E-state index in [1.807, 2.05) is 30.3 Å². The van der Waals surface area contributed by atoms with Gasteiger partial charge in [0.2, 0.25) is 0 Å². The van der Waals surface area contributed by atoms with Gasteiger partial charge in [-0.15, -0.1) is 0 Å². The van der Waals surface area contributed by atoms with Crippen LogP contribution < -0.4 is 10.1 Å². The Morgan fingerprint density at radius 3 is 2.32 bits per heavy atom. The molecule has 0 atom stereocenters. The number of amides is 1. The van der Waals surface area contributed by atoms with Crippen LogP contribution in [-0.4, -0.2) is 5.91 Å². The van der Waals surface area contributed by atoms with Crippen LogP contribution in [0.1, 0.15) is 15.9 Å². The van der Waals surface area contributed by atoms with Gasteiger partial charge in [-0.2, -0.15) is 0 Å². The summed E-state index contributed by atoms with van der Waals surface area (Å²) >= 11 is 0. The fraction of sp³-hybridized carbons (Fsp3) is 0.0500. The lowest BCUT2D eigenvalue weighted by Gasteiger charge is -2.08. The molecule has 3 nitrogen and oxygen atoms in total. The molecular weight excluding hydrogens is 324 g/mol. The van der Waals surface area contributed by atoms with E-state index in [0.717, 1.165) is 17.4 Å². The number of halogens is 2. The molecule has 0 fully saturated rings. The Morgan fingerprint density at radius 1 is 0.880 bits per heavy atom. The van der Waals surface area contributed by atoms with Gasteiger partial charge >= 0.3 is 0 Å². The maximum atomic E-state index is 13.6. The average Bonchev–Trinajstić information content (AvgIpc) is 2.65. The van der Waals surface area contributed by atoms with Gasteiger partial charge in [0.05, 0.1) is 5.69 Å². The maximum Gasteiger partial charge on any atom is 0.255 e. The summed E-state index contributed by atoms with van der Waals surface area (Å²) < 4.78 is 32.4. The Morgan fingerprint density at radius 2 is 1.60 bits per heavy atom. The largest absolute Gasteiger partial charge is 0.489 e. The molecule has 0 heterocycles. The van der Waals surface area contributed by atoms with Crippen LogP contribution in [0.2, 0.25) is 0 Å². The van der Waals surface area contributed by atoms with Crippen LogP contribution in [0, 0.1) is 11.6 Å². The fourth-order valence-corrected chi connectivity index (χ4v) is 2.23. The van der Waals surface area contributed by atoms with Crippen molar-refractivity contribution in [1.82, 2.24) is 0 Å². The number of hydrogen-bond acceptors (Lipinski definition) is 2. The molecule has 0 aliphatic heterocycles. The van der Waals surface area contributed by atoms with Gasteiger partial charge in [0, 0.05) is 5.56 Å². The second kappa shape index (κ2) is 7.57. The Kier molecular flexibility index (Phi) is 5.04. The lowest BCUT2D eigenvalue weighted by atomic mass is 10.1. The molecule has 0 saturated carbocycles. The Bertz CT molecular complexity index is 865. The summed E-state index contributed by atoms with van der Waals surface area (Å²) in [6.45, 7) is 0.366. The van der Waals surface area contributed by atoms with Crippen molar-refractivity contribution in [2.75, 3.05) is 5.32 Å². The zero-order chi connectivity index (χ0) is 17.6. The van der Waals surface area contributed by atoms with Crippen LogP contribution in [0.3, 0.4) is 0 Å². The van der Waals surface area contributed by atoms with Crippen molar-refractivity contribution < 1.29 is 18.3 Å². The first-order chi connectivity index (χ1) is 12.1. The molecule has 0 unspecified atom stereocenters. The van der Waals surface area contributed by atoms with Gasteiger partial charge in [0.25, 0.3) is 5.91 Å². The molecule has 0 bridgehead atoms. The number of anilines is 1. The van der Waals surface area contributed by atoms with E-state index in [1.54, 1.807) is 24.3 Å². The molecule has 126 valence electrons. The highest BCUT2D eigenvalue weighted by atomic mass is 19.2. The third kappa shape index (κ3) is 4.20. The van der Waals surface area contributed by atoms with Crippen molar-refractivity contribution in [3.8, 4) is 5.75 Å². The molecule has 0 saturated heterocycles. The smallest absolute Gasteiger partial charge is 0.255 e. The molecule has 3 rings (SSSR count). The van der Waals surface area contributed by atoms with Crippen LogP contribution in [0.4, 0.5) is 14.5 Å². The highest BCUT2D eigenvalue weighted by Crippen LogP contribution is 2.18. The molecule has 25 heavy (non-hydrogen) atoms. The average molecular weight is 339 g/mol. The number of hydrogen-bond donors (Lipinski definition) is 1. The Labute approximate surface area is 143 Å². The molecule has 0 radical (unpaired) electrons. The SMILES string of the molecule is O=C(Nc1cccc(F)c1F)c1ccc(COc2ccccc2)cc1. The molecule has 0 aromatic heterocycles. The first-order valence-electron chi connectivity index (χ1n) is 7.65. The van der Waals surface area contributed by atoms with E-state index in [1.165, 1.54) is 12.1 Å². The summed E-state index contributed by atoms with van der Waals surface area (Å²) in [4.78, 5) is 12.1. The number of carbonyl (C=O) groups is 1. The van der Waals surface area contributed by atoms with Gasteiger partial charge in [0.15, 0.2) is 11.6 Å². The quantitative estimate of drug-likeness (QED) is 0.725. The molecule has 5 heteroatoms. The molecule has 1 N–H and O–H groups in total. The number of carbonyl (C=O) groups excluding carboxylic acids is 1. The van der Waals surface area contributed by atoms with Crippen LogP contribution in [0.15, 0.2) is 72.8 Å². The topological polar surface area (TPSA) is 38.3 Å². The number of rotatable bonds is 5. The molecular formula is C20H15F2NO2. The second-order valence-corrected chi connectivity index (χ2v) is 5.35. The van der Waals surface area contributed by atoms with Gasteiger partial charge in [-0.05, 0) is 42.0 Å². The number of ether oxygens (including phenoxy) is 1. The maximum absolute atomic E-state index is 13.6. The van der Waals surface area contributed by atoms with E-state index >= 15 is 0 Å². The summed E-state index contributed by atoms with van der Waals surface area (Å²) in [6, 6.07) is 19.7. The van der Waals surface area contributed by atoms with E-state index in [-0.39, 0.29) is 5.69 Å². The van der Waals surface area contributed by atoms with Crippen LogP contribution in [0.25, 0.3) is 0 Å². The molecule has 0 aliphatic rings. The van der Waals surface area contributed by atoms with Gasteiger partial charge in [0.1, 0.15) is 12.4 Å². The van der Waals surface area contributed by atoms with Crippen LogP contribution in [0.5, 0.6) is 5.75 Å². The molecule has 0 aliphatic carbocycles. The van der Waals surface area contributed by atoms with Gasteiger partial charge < -0.3 is 10.1 Å². The Hall–Kier alpha value is -3.21. The molecule has 3 aromatic rings. The Balaban J connectivity index is 1.63. The first kappa shape index (κ1) is 16.6. The highest BCUT2D eigenvalue weighted by Gasteiger charge is 2.12. The fourth-order valence-electron chi connectivity index (χ4n) is 2.23. The molecule has 0 spiro atoms. The van der Waals surface area contributed by atoms with E-state index < -0.39 is 17.5 Å². The van der Waals surface area contributed by atoms with Gasteiger partial charge in [-0.3, -0.25) is 4.79 Å². The van der Waals surface area contributed by atoms with Crippen molar-refractivity contribution in [2.45, 2.75) is 6.61 Å². The third-order valence-corrected chi connectivity index (χ3v) is 3.56. The van der Waals surface area contributed by atoms with E-state index in [0.29, 0.717) is 12.2 Å². The number of benzene rings is 3. The van der Waals surface area contributed by atoms with Crippen molar-refractivity contribution >= 4 is 11.6 Å². The highest BCUT2D eigenvalue weighted by molar-refractivity contribution is 6.04. The minimum Gasteiger partial charge on any atom is -0.489 e. The van der Waals surface area contributed by atoms with Crippen LogP contribution in [-0.2, 0) is 6.61 Å². The second-order valence-electron chi connectivity index (χ2n) is 5.35. The molecule has 3 aromatic carbocycles. The van der Waals surface area contributed by atoms with Gasteiger partial charge in [-0.1, -0.05) is 36.4 Å². The number of nitrogens with one attached hydrogen (secondary N) is 1. The number of para-hydroxylation sites is 1. The van der Waals surface area contributed by atoms with Crippen molar-refractivity contribution in [3.63, 3.8) is 0 Å². The summed E-state index contributed by atoms with van der Waals surface area (Å²) in [7, 11) is 0. The summed E-state index contributed by atoms with van der Waals surface area (Å²) in [5.41, 5.74) is 1.03. The van der Waals surface area contributed by atoms with Crippen molar-refractivity contribution in [3.05, 3.63) is 95.6 Å². The normalized spacial score (nSPS) is 10.3. The molecule has 1 amide bonds. The minimum atomic E-state index is -1.08. The van der Waals surface area contributed by atoms with E-state index in [2.05, 4.69) is 5.32 Å². The monoisotopic (exact) mass is 339 g/mol. The van der Waals surface area contributed by atoms with Crippen molar-refractivity contribution in [2.24, 2.45) is 0 Å². The predicted octanol–water partition coefficient (Wildman–Crippen LogP) is 4.80. The first-order valence-corrected chi connectivity index (χ1v) is 7.65. The predicted molar refractivity (Wildman–Crippen MR) is 91.5 cm³/mol. The summed E-state index contributed by atoms with van der Waals surface area (Å²) in [5.74, 6) is -1.85. The van der Waals surface area contributed by atoms with E-state index in [4.69, 9.17) is 4.74 Å². The lowest BCUT2D eigenvalue weighted by molar-refractivity contribution is 0.102. The van der Waals surface area contributed by atoms with E-state index in [9.17, 15) is 13.6 Å². The summed E-state index contributed by atoms with van der Waals surface area (Å²) in [6.07, 6.45) is 0. The third-order valence-electron chi connectivity index (χ3n) is 3.56. The standard InChI is InChI=1S/C20H15F2NO2/c21-17-7-4-8-18(19(17)22)23-20(24)15-11-9-14(10-12-15)13-25-16-5-2-1-3-6-16/h1-12H,13H2,(H,23,24). The zero-order valence-electron chi connectivity index (χ0n) is 13.2. The minimum absolute atomic E-state index is 0.193. The summed E-state index contributed by atoms with van der Waals surface area (Å²) in [5, 5.41) is 2.36. The van der Waals surface area contributed by atoms with Crippen molar-refractivity contribution in [1.29, 1.82) is 0 Å². The van der Waals surface area contributed by atoms with Gasteiger partial charge in [-0.25, -0.2) is 8.78 Å². The zero-order valence-corrected chi connectivity index (χ0v) is 13.2.